The Labute approximate surface area is 171 Å². The highest BCUT2D eigenvalue weighted by Crippen LogP contribution is 2.28. The van der Waals surface area contributed by atoms with Gasteiger partial charge in [-0.25, -0.2) is 8.42 Å². The number of pyridine rings is 1. The third kappa shape index (κ3) is 4.71. The minimum Gasteiger partial charge on any atom is -0.350 e. The number of rotatable bonds is 6. The second-order valence-electron chi connectivity index (χ2n) is 7.14. The van der Waals surface area contributed by atoms with Gasteiger partial charge in [0.15, 0.2) is 9.84 Å². The molecule has 3 aromatic rings. The summed E-state index contributed by atoms with van der Waals surface area (Å²) in [7, 11) is -3.72. The number of hydrogen-bond donors (Lipinski definition) is 1. The van der Waals surface area contributed by atoms with Crippen LogP contribution in [0, 0.1) is 20.8 Å². The number of amides is 1. The van der Waals surface area contributed by atoms with Crippen molar-refractivity contribution in [2.24, 2.45) is 0 Å². The molecule has 1 unspecified atom stereocenters. The topological polar surface area (TPSA) is 76.1 Å². The van der Waals surface area contributed by atoms with Gasteiger partial charge in [0, 0.05) is 24.5 Å². The first-order chi connectivity index (χ1) is 13.8. The highest BCUT2D eigenvalue weighted by molar-refractivity contribution is 7.91. The molecule has 0 aliphatic heterocycles. The zero-order chi connectivity index (χ0) is 21.0. The summed E-state index contributed by atoms with van der Waals surface area (Å²) in [5.41, 5.74) is 4.12. The van der Waals surface area contributed by atoms with E-state index < -0.39 is 15.1 Å². The maximum absolute atomic E-state index is 13.3. The van der Waals surface area contributed by atoms with E-state index in [2.05, 4.69) is 10.3 Å². The SMILES string of the molecule is Cc1ccc(S(=O)(=O)C(CNC(=O)c2ccc(C)c(C)c2)c2cccnc2)cc1. The van der Waals surface area contributed by atoms with E-state index in [1.54, 1.807) is 54.7 Å². The van der Waals surface area contributed by atoms with Crippen LogP contribution in [0.25, 0.3) is 0 Å². The van der Waals surface area contributed by atoms with Crippen molar-refractivity contribution in [3.63, 3.8) is 0 Å². The van der Waals surface area contributed by atoms with Crippen LogP contribution in [-0.4, -0.2) is 25.9 Å². The summed E-state index contributed by atoms with van der Waals surface area (Å²) in [4.78, 5) is 16.9. The van der Waals surface area contributed by atoms with Gasteiger partial charge in [0.25, 0.3) is 5.91 Å². The van der Waals surface area contributed by atoms with Gasteiger partial charge in [-0.3, -0.25) is 9.78 Å². The van der Waals surface area contributed by atoms with Crippen LogP contribution in [0.1, 0.15) is 37.9 Å². The van der Waals surface area contributed by atoms with Crippen molar-refractivity contribution in [1.29, 1.82) is 0 Å². The smallest absolute Gasteiger partial charge is 0.251 e. The highest BCUT2D eigenvalue weighted by atomic mass is 32.2. The van der Waals surface area contributed by atoms with Crippen molar-refractivity contribution in [2.45, 2.75) is 30.9 Å². The summed E-state index contributed by atoms with van der Waals surface area (Å²) in [6.07, 6.45) is 3.12. The van der Waals surface area contributed by atoms with E-state index in [9.17, 15) is 13.2 Å². The van der Waals surface area contributed by atoms with Crippen molar-refractivity contribution in [3.05, 3.63) is 94.8 Å². The molecular weight excluding hydrogens is 384 g/mol. The quantitative estimate of drug-likeness (QED) is 0.670. The number of aryl methyl sites for hydroxylation is 3. The molecule has 0 fully saturated rings. The summed E-state index contributed by atoms with van der Waals surface area (Å²) < 4.78 is 26.6. The van der Waals surface area contributed by atoms with Gasteiger partial charge in [-0.05, 0) is 67.8 Å². The first kappa shape index (κ1) is 20.7. The highest BCUT2D eigenvalue weighted by Gasteiger charge is 2.30. The molecule has 1 N–H and O–H groups in total. The Balaban J connectivity index is 1.89. The minimum atomic E-state index is -3.72. The molecule has 1 atom stereocenters. The maximum Gasteiger partial charge on any atom is 0.251 e. The van der Waals surface area contributed by atoms with E-state index in [4.69, 9.17) is 0 Å². The third-order valence-electron chi connectivity index (χ3n) is 5.00. The van der Waals surface area contributed by atoms with Gasteiger partial charge in [-0.1, -0.05) is 29.8 Å². The molecule has 0 aliphatic carbocycles. The molecule has 0 bridgehead atoms. The van der Waals surface area contributed by atoms with Crippen LogP contribution in [0.15, 0.2) is 71.9 Å². The van der Waals surface area contributed by atoms with Gasteiger partial charge in [-0.15, -0.1) is 0 Å². The van der Waals surface area contributed by atoms with Crippen LogP contribution in [-0.2, 0) is 9.84 Å². The summed E-state index contributed by atoms with van der Waals surface area (Å²) >= 11 is 0. The van der Waals surface area contributed by atoms with Crippen molar-refractivity contribution in [1.82, 2.24) is 10.3 Å². The van der Waals surface area contributed by atoms with Gasteiger partial charge >= 0.3 is 0 Å². The Morgan fingerprint density at radius 1 is 1.00 bits per heavy atom. The number of hydrogen-bond acceptors (Lipinski definition) is 4. The molecule has 1 amide bonds. The van der Waals surface area contributed by atoms with Gasteiger partial charge in [0.1, 0.15) is 5.25 Å². The van der Waals surface area contributed by atoms with Crippen LogP contribution in [0.2, 0.25) is 0 Å². The number of benzene rings is 2. The second-order valence-corrected chi connectivity index (χ2v) is 9.27. The number of sulfone groups is 1. The first-order valence-electron chi connectivity index (χ1n) is 9.35. The Hall–Kier alpha value is -2.99. The lowest BCUT2D eigenvalue weighted by atomic mass is 10.1. The number of aromatic nitrogens is 1. The molecule has 29 heavy (non-hydrogen) atoms. The molecule has 2 aromatic carbocycles. The minimum absolute atomic E-state index is 0.0480. The molecule has 0 aliphatic rings. The molecule has 1 heterocycles. The largest absolute Gasteiger partial charge is 0.350 e. The molecule has 6 heteroatoms. The van der Waals surface area contributed by atoms with E-state index in [0.717, 1.165) is 16.7 Å². The fourth-order valence-electron chi connectivity index (χ4n) is 3.04. The Morgan fingerprint density at radius 3 is 2.34 bits per heavy atom. The van der Waals surface area contributed by atoms with E-state index in [1.807, 2.05) is 26.8 Å². The fourth-order valence-corrected chi connectivity index (χ4v) is 4.68. The number of nitrogens with one attached hydrogen (secondary N) is 1. The van der Waals surface area contributed by atoms with Gasteiger partial charge < -0.3 is 5.32 Å². The molecule has 150 valence electrons. The number of carbonyl (C=O) groups excluding carboxylic acids is 1. The van der Waals surface area contributed by atoms with Crippen molar-refractivity contribution < 1.29 is 13.2 Å². The molecule has 1 aromatic heterocycles. The van der Waals surface area contributed by atoms with Gasteiger partial charge in [0.05, 0.1) is 4.90 Å². The fraction of sp³-hybridized carbons (Fsp3) is 0.217. The van der Waals surface area contributed by atoms with E-state index in [0.29, 0.717) is 11.1 Å². The van der Waals surface area contributed by atoms with Crippen LogP contribution in [0.5, 0.6) is 0 Å². The van der Waals surface area contributed by atoms with Crippen LogP contribution >= 0.6 is 0 Å². The lowest BCUT2D eigenvalue weighted by Gasteiger charge is -2.19. The van der Waals surface area contributed by atoms with Crippen molar-refractivity contribution >= 4 is 15.7 Å². The van der Waals surface area contributed by atoms with E-state index in [-0.39, 0.29) is 17.3 Å². The molecule has 0 radical (unpaired) electrons. The zero-order valence-corrected chi connectivity index (χ0v) is 17.5. The molecule has 3 rings (SSSR count). The summed E-state index contributed by atoms with van der Waals surface area (Å²) in [5, 5.41) is 1.85. The maximum atomic E-state index is 13.3. The van der Waals surface area contributed by atoms with Crippen LogP contribution < -0.4 is 5.32 Å². The lowest BCUT2D eigenvalue weighted by Crippen LogP contribution is -2.32. The Morgan fingerprint density at radius 2 is 1.72 bits per heavy atom. The normalized spacial score (nSPS) is 12.4. The zero-order valence-electron chi connectivity index (χ0n) is 16.7. The molecule has 0 spiro atoms. The molecule has 5 nitrogen and oxygen atoms in total. The van der Waals surface area contributed by atoms with E-state index >= 15 is 0 Å². The average molecular weight is 409 g/mol. The average Bonchev–Trinajstić information content (AvgIpc) is 2.71. The molecule has 0 saturated carbocycles. The number of carbonyl (C=O) groups is 1. The Kier molecular flexibility index (Phi) is 6.13. The van der Waals surface area contributed by atoms with Crippen molar-refractivity contribution in [3.8, 4) is 0 Å². The van der Waals surface area contributed by atoms with Gasteiger partial charge in [-0.2, -0.15) is 0 Å². The van der Waals surface area contributed by atoms with E-state index in [1.165, 1.54) is 6.20 Å². The van der Waals surface area contributed by atoms with Crippen LogP contribution in [0.4, 0.5) is 0 Å². The third-order valence-corrected chi connectivity index (χ3v) is 7.11. The molecular formula is C23H24N2O3S. The lowest BCUT2D eigenvalue weighted by molar-refractivity contribution is 0.0953. The predicted octanol–water partition coefficient (Wildman–Crippen LogP) is 3.95. The van der Waals surface area contributed by atoms with Gasteiger partial charge in [0.2, 0.25) is 0 Å². The summed E-state index contributed by atoms with van der Waals surface area (Å²) in [6.45, 7) is 5.77. The molecule has 0 saturated heterocycles. The second kappa shape index (κ2) is 8.57. The summed E-state index contributed by atoms with van der Waals surface area (Å²) in [5.74, 6) is -0.305. The Bertz CT molecular complexity index is 1110. The number of nitrogens with zero attached hydrogens (tertiary/aromatic N) is 1. The monoisotopic (exact) mass is 408 g/mol. The predicted molar refractivity (Wildman–Crippen MR) is 114 cm³/mol. The summed E-state index contributed by atoms with van der Waals surface area (Å²) in [6, 6.07) is 15.6. The first-order valence-corrected chi connectivity index (χ1v) is 10.9. The standard InChI is InChI=1S/C23H24N2O3S/c1-16-6-10-21(11-7-16)29(27,28)22(20-5-4-12-24-14-20)15-25-23(26)19-9-8-17(2)18(3)13-19/h4-14,22H,15H2,1-3H3,(H,25,26). The van der Waals surface area contributed by atoms with Crippen molar-refractivity contribution in [2.75, 3.05) is 6.54 Å². The van der Waals surface area contributed by atoms with Crippen LogP contribution in [0.3, 0.4) is 0 Å².